The van der Waals surface area contributed by atoms with E-state index in [1.54, 1.807) is 12.3 Å². The maximum atomic E-state index is 12.4. The topological polar surface area (TPSA) is 79.3 Å². The Labute approximate surface area is 122 Å². The van der Waals surface area contributed by atoms with Crippen molar-refractivity contribution in [2.24, 2.45) is 5.92 Å². The van der Waals surface area contributed by atoms with E-state index in [2.05, 4.69) is 10.3 Å². The number of amides is 1. The van der Waals surface area contributed by atoms with Crippen molar-refractivity contribution in [2.45, 2.75) is 25.3 Å². The first-order valence-electron chi connectivity index (χ1n) is 7.02. The number of aliphatic carboxylic acids is 1. The van der Waals surface area contributed by atoms with E-state index in [0.29, 0.717) is 24.8 Å². The van der Waals surface area contributed by atoms with E-state index in [9.17, 15) is 9.59 Å². The molecule has 0 radical (unpaired) electrons. The van der Waals surface area contributed by atoms with E-state index < -0.39 is 5.97 Å². The highest BCUT2D eigenvalue weighted by atomic mass is 16.4. The summed E-state index contributed by atoms with van der Waals surface area (Å²) >= 11 is 0. The second-order valence-corrected chi connectivity index (χ2v) is 5.39. The number of carbonyl (C=O) groups is 2. The molecule has 21 heavy (non-hydrogen) atoms. The average molecular weight is 284 g/mol. The van der Waals surface area contributed by atoms with Crippen molar-refractivity contribution in [3.05, 3.63) is 42.1 Å². The quantitative estimate of drug-likeness (QED) is 0.905. The number of para-hydroxylation sites is 1. The van der Waals surface area contributed by atoms with Crippen molar-refractivity contribution in [1.29, 1.82) is 0 Å². The third-order valence-corrected chi connectivity index (χ3v) is 4.01. The molecular formula is C16H16N2O3. The molecule has 2 atom stereocenters. The summed E-state index contributed by atoms with van der Waals surface area (Å²) < 4.78 is 0. The molecule has 0 bridgehead atoms. The first-order valence-corrected chi connectivity index (χ1v) is 7.02. The Morgan fingerprint density at radius 3 is 2.76 bits per heavy atom. The van der Waals surface area contributed by atoms with Crippen LogP contribution in [-0.4, -0.2) is 28.0 Å². The number of carbonyl (C=O) groups excluding carboxylic acids is 1. The van der Waals surface area contributed by atoms with Crippen LogP contribution in [0.2, 0.25) is 0 Å². The summed E-state index contributed by atoms with van der Waals surface area (Å²) in [6, 6.07) is 9.11. The Bertz CT molecular complexity index is 693. The molecule has 1 fully saturated rings. The van der Waals surface area contributed by atoms with E-state index in [0.717, 1.165) is 10.9 Å². The molecule has 1 aromatic heterocycles. The summed E-state index contributed by atoms with van der Waals surface area (Å²) in [5.74, 6) is -1.28. The molecule has 0 spiro atoms. The number of nitrogens with zero attached hydrogens (tertiary/aromatic N) is 1. The lowest BCUT2D eigenvalue weighted by molar-refractivity contribution is -0.141. The lowest BCUT2D eigenvalue weighted by atomic mass is 10.1. The van der Waals surface area contributed by atoms with Crippen molar-refractivity contribution >= 4 is 22.8 Å². The molecule has 5 heteroatoms. The number of carboxylic acids is 1. The SMILES string of the molecule is O=C(NC1CCC(C(=O)O)C1)c1ccnc2ccccc12. The van der Waals surface area contributed by atoms with Crippen LogP contribution < -0.4 is 5.32 Å². The molecule has 2 unspecified atom stereocenters. The fraction of sp³-hybridized carbons (Fsp3) is 0.312. The van der Waals surface area contributed by atoms with Crippen LogP contribution in [0, 0.1) is 5.92 Å². The van der Waals surface area contributed by atoms with Gasteiger partial charge in [0.1, 0.15) is 0 Å². The van der Waals surface area contributed by atoms with Gasteiger partial charge in [-0.15, -0.1) is 0 Å². The lowest BCUT2D eigenvalue weighted by Crippen LogP contribution is -2.33. The first-order chi connectivity index (χ1) is 10.1. The van der Waals surface area contributed by atoms with Gasteiger partial charge in [-0.25, -0.2) is 0 Å². The number of benzene rings is 1. The van der Waals surface area contributed by atoms with E-state index in [1.165, 1.54) is 0 Å². The summed E-state index contributed by atoms with van der Waals surface area (Å²) in [6.07, 6.45) is 3.46. The van der Waals surface area contributed by atoms with Crippen LogP contribution in [0.1, 0.15) is 29.6 Å². The van der Waals surface area contributed by atoms with Crippen molar-refractivity contribution in [3.63, 3.8) is 0 Å². The van der Waals surface area contributed by atoms with Crippen LogP contribution in [-0.2, 0) is 4.79 Å². The minimum Gasteiger partial charge on any atom is -0.481 e. The standard InChI is InChI=1S/C16H16N2O3/c19-15(18-11-6-5-10(9-11)16(20)21)13-7-8-17-14-4-2-1-3-12(13)14/h1-4,7-8,10-11H,5-6,9H2,(H,18,19)(H,20,21). The van der Waals surface area contributed by atoms with Crippen LogP contribution in [0.25, 0.3) is 10.9 Å². The zero-order valence-electron chi connectivity index (χ0n) is 11.5. The molecule has 1 heterocycles. The Kier molecular flexibility index (Phi) is 3.56. The third kappa shape index (κ3) is 2.72. The number of aromatic nitrogens is 1. The second-order valence-electron chi connectivity index (χ2n) is 5.39. The smallest absolute Gasteiger partial charge is 0.306 e. The zero-order chi connectivity index (χ0) is 14.8. The Hall–Kier alpha value is -2.43. The second kappa shape index (κ2) is 5.52. The highest BCUT2D eigenvalue weighted by Gasteiger charge is 2.30. The predicted molar refractivity (Wildman–Crippen MR) is 78.0 cm³/mol. The maximum absolute atomic E-state index is 12.4. The molecule has 3 rings (SSSR count). The summed E-state index contributed by atoms with van der Waals surface area (Å²) in [6.45, 7) is 0. The summed E-state index contributed by atoms with van der Waals surface area (Å²) in [7, 11) is 0. The summed E-state index contributed by atoms with van der Waals surface area (Å²) in [5.41, 5.74) is 1.36. The third-order valence-electron chi connectivity index (χ3n) is 4.01. The van der Waals surface area contributed by atoms with Crippen LogP contribution in [0.15, 0.2) is 36.5 Å². The van der Waals surface area contributed by atoms with Gasteiger partial charge in [-0.1, -0.05) is 18.2 Å². The molecule has 2 aromatic rings. The van der Waals surface area contributed by atoms with Gasteiger partial charge in [0.15, 0.2) is 0 Å². The molecule has 1 amide bonds. The van der Waals surface area contributed by atoms with Gasteiger partial charge in [0.25, 0.3) is 5.91 Å². The molecule has 2 N–H and O–H groups in total. The van der Waals surface area contributed by atoms with Gasteiger partial charge in [-0.05, 0) is 31.4 Å². The van der Waals surface area contributed by atoms with Gasteiger partial charge >= 0.3 is 5.97 Å². The van der Waals surface area contributed by atoms with Gasteiger partial charge in [0, 0.05) is 17.6 Å². The predicted octanol–water partition coefficient (Wildman–Crippen LogP) is 2.22. The van der Waals surface area contributed by atoms with Gasteiger partial charge in [0.2, 0.25) is 0 Å². The minimum absolute atomic E-state index is 0.0643. The number of hydrogen-bond donors (Lipinski definition) is 2. The fourth-order valence-corrected chi connectivity index (χ4v) is 2.89. The first kappa shape index (κ1) is 13.5. The largest absolute Gasteiger partial charge is 0.481 e. The number of fused-ring (bicyclic) bond motifs is 1. The molecule has 0 aliphatic heterocycles. The van der Waals surface area contributed by atoms with E-state index in [1.807, 2.05) is 24.3 Å². The van der Waals surface area contributed by atoms with E-state index >= 15 is 0 Å². The monoisotopic (exact) mass is 284 g/mol. The molecule has 1 aromatic carbocycles. The Morgan fingerprint density at radius 2 is 2.00 bits per heavy atom. The molecule has 1 aliphatic rings. The number of nitrogens with one attached hydrogen (secondary N) is 1. The number of rotatable bonds is 3. The molecule has 5 nitrogen and oxygen atoms in total. The number of pyridine rings is 1. The van der Waals surface area contributed by atoms with Crippen molar-refractivity contribution in [1.82, 2.24) is 10.3 Å². The van der Waals surface area contributed by atoms with Gasteiger partial charge < -0.3 is 10.4 Å². The highest BCUT2D eigenvalue weighted by Crippen LogP contribution is 2.26. The molecule has 108 valence electrons. The van der Waals surface area contributed by atoms with Crippen LogP contribution in [0.5, 0.6) is 0 Å². The zero-order valence-corrected chi connectivity index (χ0v) is 11.5. The minimum atomic E-state index is -0.777. The van der Waals surface area contributed by atoms with Gasteiger partial charge in [-0.2, -0.15) is 0 Å². The van der Waals surface area contributed by atoms with Crippen molar-refractivity contribution < 1.29 is 14.7 Å². The lowest BCUT2D eigenvalue weighted by Gasteiger charge is -2.13. The molecule has 1 saturated carbocycles. The van der Waals surface area contributed by atoms with Crippen molar-refractivity contribution in [3.8, 4) is 0 Å². The molecule has 1 aliphatic carbocycles. The maximum Gasteiger partial charge on any atom is 0.306 e. The summed E-state index contributed by atoms with van der Waals surface area (Å²) in [4.78, 5) is 27.6. The van der Waals surface area contributed by atoms with Crippen molar-refractivity contribution in [2.75, 3.05) is 0 Å². The highest BCUT2D eigenvalue weighted by molar-refractivity contribution is 6.06. The molecule has 0 saturated heterocycles. The normalized spacial score (nSPS) is 21.3. The van der Waals surface area contributed by atoms with E-state index in [-0.39, 0.29) is 17.9 Å². The Morgan fingerprint density at radius 1 is 1.19 bits per heavy atom. The van der Waals surface area contributed by atoms with Crippen LogP contribution in [0.3, 0.4) is 0 Å². The average Bonchev–Trinajstić information content (AvgIpc) is 2.95. The van der Waals surface area contributed by atoms with E-state index in [4.69, 9.17) is 5.11 Å². The number of hydrogen-bond acceptors (Lipinski definition) is 3. The van der Waals surface area contributed by atoms with Gasteiger partial charge in [-0.3, -0.25) is 14.6 Å². The summed E-state index contributed by atoms with van der Waals surface area (Å²) in [5, 5.41) is 12.8. The Balaban J connectivity index is 1.78. The fourth-order valence-electron chi connectivity index (χ4n) is 2.89. The van der Waals surface area contributed by atoms with Crippen LogP contribution >= 0.6 is 0 Å². The number of carboxylic acid groups (broad SMARTS) is 1. The molecular weight excluding hydrogens is 268 g/mol. The van der Waals surface area contributed by atoms with Gasteiger partial charge in [0.05, 0.1) is 17.0 Å². The van der Waals surface area contributed by atoms with Crippen LogP contribution in [0.4, 0.5) is 0 Å².